The molecule has 0 spiro atoms. The Bertz CT molecular complexity index is 992. The predicted molar refractivity (Wildman–Crippen MR) is 122 cm³/mol. The molecule has 2 N–H and O–H groups in total. The van der Waals surface area contributed by atoms with E-state index < -0.39 is 0 Å². The summed E-state index contributed by atoms with van der Waals surface area (Å²) in [6, 6.07) is 15.6. The summed E-state index contributed by atoms with van der Waals surface area (Å²) in [6.07, 6.45) is 3.84. The van der Waals surface area contributed by atoms with E-state index in [-0.39, 0.29) is 23.7 Å². The van der Waals surface area contributed by atoms with E-state index in [0.717, 1.165) is 31.5 Å². The van der Waals surface area contributed by atoms with Crippen LogP contribution in [0.4, 0.5) is 0 Å². The van der Waals surface area contributed by atoms with E-state index in [1.165, 1.54) is 5.56 Å². The Kier molecular flexibility index (Phi) is 6.95. The van der Waals surface area contributed by atoms with Gasteiger partial charge in [-0.1, -0.05) is 48.9 Å². The van der Waals surface area contributed by atoms with Gasteiger partial charge in [-0.2, -0.15) is 0 Å². The first-order valence-corrected chi connectivity index (χ1v) is 10.2. The Labute approximate surface area is 183 Å². The molecule has 5 nitrogen and oxygen atoms in total. The summed E-state index contributed by atoms with van der Waals surface area (Å²) >= 11 is 0. The molecule has 1 aliphatic rings. The maximum atomic E-state index is 12.9. The van der Waals surface area contributed by atoms with Crippen molar-refractivity contribution in [2.75, 3.05) is 19.6 Å². The number of benzene rings is 2. The molecule has 4 rings (SSSR count). The van der Waals surface area contributed by atoms with Crippen LogP contribution >= 0.6 is 12.4 Å². The van der Waals surface area contributed by atoms with Gasteiger partial charge in [-0.05, 0) is 50.4 Å². The highest BCUT2D eigenvalue weighted by atomic mass is 35.5. The van der Waals surface area contributed by atoms with Crippen molar-refractivity contribution in [2.45, 2.75) is 26.7 Å². The van der Waals surface area contributed by atoms with Crippen molar-refractivity contribution in [3.05, 3.63) is 65.9 Å². The lowest BCUT2D eigenvalue weighted by atomic mass is 9.81. The zero-order chi connectivity index (χ0) is 20.3. The van der Waals surface area contributed by atoms with Gasteiger partial charge in [0.2, 0.25) is 5.89 Å². The minimum Gasteiger partial charge on any atom is -0.436 e. The van der Waals surface area contributed by atoms with Gasteiger partial charge in [-0.25, -0.2) is 4.98 Å². The van der Waals surface area contributed by atoms with Crippen LogP contribution in [0.15, 0.2) is 59.1 Å². The van der Waals surface area contributed by atoms with E-state index in [1.807, 2.05) is 48.5 Å². The average Bonchev–Trinajstić information content (AvgIpc) is 3.23. The first-order valence-electron chi connectivity index (χ1n) is 10.2. The second-order valence-corrected chi connectivity index (χ2v) is 8.18. The normalized spacial score (nSPS) is 15.3. The van der Waals surface area contributed by atoms with Gasteiger partial charge in [0.25, 0.3) is 5.91 Å². The maximum Gasteiger partial charge on any atom is 0.252 e. The summed E-state index contributed by atoms with van der Waals surface area (Å²) in [5.41, 5.74) is 3.59. The van der Waals surface area contributed by atoms with Crippen molar-refractivity contribution < 1.29 is 9.21 Å². The lowest BCUT2D eigenvalue weighted by molar-refractivity contribution is 0.0922. The van der Waals surface area contributed by atoms with Crippen LogP contribution in [0.3, 0.4) is 0 Å². The molecular weight excluding hydrogens is 398 g/mol. The largest absolute Gasteiger partial charge is 0.436 e. The first kappa shape index (κ1) is 22.1. The monoisotopic (exact) mass is 425 g/mol. The highest BCUT2D eigenvalue weighted by molar-refractivity contribution is 6.00. The zero-order valence-electron chi connectivity index (χ0n) is 17.4. The fourth-order valence-corrected chi connectivity index (χ4v) is 3.71. The number of aryl methyl sites for hydroxylation is 1. The van der Waals surface area contributed by atoms with Crippen LogP contribution in [0.1, 0.15) is 35.7 Å². The van der Waals surface area contributed by atoms with E-state index in [1.54, 1.807) is 6.20 Å². The Hall–Kier alpha value is -2.63. The smallest absolute Gasteiger partial charge is 0.252 e. The fourth-order valence-electron chi connectivity index (χ4n) is 3.71. The van der Waals surface area contributed by atoms with Crippen molar-refractivity contribution in [3.8, 4) is 22.8 Å². The zero-order valence-corrected chi connectivity index (χ0v) is 18.2. The third-order valence-corrected chi connectivity index (χ3v) is 5.73. The molecule has 1 aromatic heterocycles. The molecule has 0 atom stereocenters. The molecule has 3 aromatic rings. The third-order valence-electron chi connectivity index (χ3n) is 5.73. The quantitative estimate of drug-likeness (QED) is 0.612. The number of hydrogen-bond donors (Lipinski definition) is 2. The molecule has 0 aliphatic carbocycles. The SMILES string of the molecule is Cc1ccc(-c2cnc(-c3ccccc3C(=O)NCC3(C)CCNCC3)o2)cc1.Cl. The van der Waals surface area contributed by atoms with Gasteiger partial charge >= 0.3 is 0 Å². The number of aromatic nitrogens is 1. The molecule has 0 bridgehead atoms. The van der Waals surface area contributed by atoms with E-state index in [9.17, 15) is 4.79 Å². The molecule has 1 amide bonds. The Balaban J connectivity index is 0.00000256. The summed E-state index contributed by atoms with van der Waals surface area (Å²) in [6.45, 7) is 6.96. The number of piperidine rings is 1. The van der Waals surface area contributed by atoms with Gasteiger partial charge in [0.1, 0.15) is 0 Å². The average molecular weight is 426 g/mol. The molecular formula is C24H28ClN3O2. The Morgan fingerprint density at radius 1 is 1.13 bits per heavy atom. The highest BCUT2D eigenvalue weighted by Crippen LogP contribution is 2.29. The van der Waals surface area contributed by atoms with Crippen molar-refractivity contribution in [1.29, 1.82) is 0 Å². The third kappa shape index (κ3) is 4.91. The molecule has 30 heavy (non-hydrogen) atoms. The van der Waals surface area contributed by atoms with Gasteiger partial charge in [0.15, 0.2) is 5.76 Å². The van der Waals surface area contributed by atoms with Gasteiger partial charge in [0.05, 0.1) is 11.8 Å². The van der Waals surface area contributed by atoms with Gasteiger partial charge < -0.3 is 15.1 Å². The number of hydrogen-bond acceptors (Lipinski definition) is 4. The molecule has 0 saturated carbocycles. The number of halogens is 1. The van der Waals surface area contributed by atoms with Gasteiger partial charge in [-0.3, -0.25) is 4.79 Å². The van der Waals surface area contributed by atoms with Gasteiger partial charge in [0, 0.05) is 17.7 Å². The van der Waals surface area contributed by atoms with E-state index in [2.05, 4.69) is 29.5 Å². The number of oxazole rings is 1. The molecule has 0 radical (unpaired) electrons. The van der Waals surface area contributed by atoms with Crippen LogP contribution in [-0.4, -0.2) is 30.5 Å². The maximum absolute atomic E-state index is 12.9. The number of carbonyl (C=O) groups is 1. The fraction of sp³-hybridized carbons (Fsp3) is 0.333. The summed E-state index contributed by atoms with van der Waals surface area (Å²) in [5.74, 6) is 1.06. The highest BCUT2D eigenvalue weighted by Gasteiger charge is 2.27. The van der Waals surface area contributed by atoms with Crippen LogP contribution in [0, 0.1) is 12.3 Å². The molecule has 1 fully saturated rings. The minimum atomic E-state index is -0.0876. The summed E-state index contributed by atoms with van der Waals surface area (Å²) < 4.78 is 6.00. The molecule has 0 unspecified atom stereocenters. The Morgan fingerprint density at radius 3 is 2.57 bits per heavy atom. The molecule has 6 heteroatoms. The second kappa shape index (κ2) is 9.45. The summed E-state index contributed by atoms with van der Waals surface area (Å²) in [4.78, 5) is 17.4. The van der Waals surface area contributed by atoms with Crippen LogP contribution in [-0.2, 0) is 0 Å². The van der Waals surface area contributed by atoms with E-state index >= 15 is 0 Å². The summed E-state index contributed by atoms with van der Waals surface area (Å²) in [5, 5.41) is 6.50. The molecule has 1 saturated heterocycles. The van der Waals surface area contributed by atoms with Crippen LogP contribution in [0.2, 0.25) is 0 Å². The number of amides is 1. The van der Waals surface area contributed by atoms with Crippen LogP contribution < -0.4 is 10.6 Å². The van der Waals surface area contributed by atoms with Crippen molar-refractivity contribution in [2.24, 2.45) is 5.41 Å². The molecule has 2 aromatic carbocycles. The lowest BCUT2D eigenvalue weighted by Gasteiger charge is -2.34. The molecule has 158 valence electrons. The number of nitrogens with one attached hydrogen (secondary N) is 2. The predicted octanol–water partition coefficient (Wildman–Crippen LogP) is 4.86. The topological polar surface area (TPSA) is 67.2 Å². The standard InChI is InChI=1S/C24H27N3O2.ClH/c1-17-7-9-18(10-8-17)21-15-26-23(29-21)20-6-4-3-5-19(20)22(28)27-16-24(2)11-13-25-14-12-24;/h3-10,15,25H,11-14,16H2,1-2H3,(H,27,28);1H. The van der Waals surface area contributed by atoms with Crippen molar-refractivity contribution in [3.63, 3.8) is 0 Å². The van der Waals surface area contributed by atoms with Crippen molar-refractivity contribution >= 4 is 18.3 Å². The second-order valence-electron chi connectivity index (χ2n) is 8.18. The van der Waals surface area contributed by atoms with Crippen LogP contribution in [0.25, 0.3) is 22.8 Å². The number of rotatable bonds is 5. The minimum absolute atomic E-state index is 0. The van der Waals surface area contributed by atoms with E-state index in [4.69, 9.17) is 4.42 Å². The van der Waals surface area contributed by atoms with Gasteiger partial charge in [-0.15, -0.1) is 12.4 Å². The lowest BCUT2D eigenvalue weighted by Crippen LogP contribution is -2.43. The Morgan fingerprint density at radius 2 is 1.83 bits per heavy atom. The number of nitrogens with zero attached hydrogens (tertiary/aromatic N) is 1. The summed E-state index contributed by atoms with van der Waals surface area (Å²) in [7, 11) is 0. The molecule has 1 aliphatic heterocycles. The van der Waals surface area contributed by atoms with E-state index in [0.29, 0.717) is 29.3 Å². The molecule has 2 heterocycles. The van der Waals surface area contributed by atoms with Crippen LogP contribution in [0.5, 0.6) is 0 Å². The first-order chi connectivity index (χ1) is 14.0. The van der Waals surface area contributed by atoms with Crippen molar-refractivity contribution in [1.82, 2.24) is 15.6 Å². The number of carbonyl (C=O) groups excluding carboxylic acids is 1.